The topological polar surface area (TPSA) is 84.5 Å². The van der Waals surface area contributed by atoms with Crippen LogP contribution in [0.1, 0.15) is 12.8 Å². The second-order valence-electron chi connectivity index (χ2n) is 3.30. The Morgan fingerprint density at radius 1 is 1.60 bits per heavy atom. The summed E-state index contributed by atoms with van der Waals surface area (Å²) in [5.41, 5.74) is 0. The van der Waals surface area contributed by atoms with E-state index in [9.17, 15) is 13.2 Å². The third-order valence-electron chi connectivity index (χ3n) is 2.00. The highest BCUT2D eigenvalue weighted by Crippen LogP contribution is 2.36. The molecule has 88 valence electrons. The second-order valence-corrected chi connectivity index (χ2v) is 5.97. The van der Waals surface area contributed by atoms with Gasteiger partial charge in [0.25, 0.3) is 0 Å². The van der Waals surface area contributed by atoms with Gasteiger partial charge < -0.3 is 4.74 Å². The van der Waals surface area contributed by atoms with Crippen molar-refractivity contribution in [1.29, 1.82) is 0 Å². The molecule has 15 heavy (non-hydrogen) atoms. The van der Waals surface area contributed by atoms with Gasteiger partial charge >= 0.3 is 16.3 Å². The number of ether oxygens (including phenoxy) is 1. The lowest BCUT2D eigenvalue weighted by Gasteiger charge is -2.10. The molecule has 1 unspecified atom stereocenters. The molecule has 0 radical (unpaired) electrons. The summed E-state index contributed by atoms with van der Waals surface area (Å²) < 4.78 is 30.5. The minimum absolute atomic E-state index is 0.117. The summed E-state index contributed by atoms with van der Waals surface area (Å²) in [6.45, 7) is 0.261. The standard InChI is InChI=1S/C7H13BrN2O4S/c1-14-7(11)10-15(12,13)9-4-6(8)5-2-3-5/h5-6,9H,2-4H2,1H3,(H,10,11). The Bertz CT molecular complexity index is 328. The quantitative estimate of drug-likeness (QED) is 0.718. The molecule has 6 nitrogen and oxygen atoms in total. The van der Waals surface area contributed by atoms with Gasteiger partial charge in [0, 0.05) is 11.4 Å². The van der Waals surface area contributed by atoms with Crippen molar-refractivity contribution in [2.75, 3.05) is 13.7 Å². The summed E-state index contributed by atoms with van der Waals surface area (Å²) in [7, 11) is -2.70. The Labute approximate surface area is 97.1 Å². The van der Waals surface area contributed by atoms with E-state index in [2.05, 4.69) is 25.4 Å². The highest BCUT2D eigenvalue weighted by Gasteiger charge is 2.30. The minimum Gasteiger partial charge on any atom is -0.452 e. The van der Waals surface area contributed by atoms with Gasteiger partial charge in [-0.05, 0) is 18.8 Å². The molecule has 0 saturated heterocycles. The van der Waals surface area contributed by atoms with Crippen molar-refractivity contribution < 1.29 is 17.9 Å². The Kier molecular flexibility index (Phi) is 4.35. The van der Waals surface area contributed by atoms with Crippen LogP contribution in [-0.4, -0.2) is 33.0 Å². The van der Waals surface area contributed by atoms with Crippen molar-refractivity contribution in [3.8, 4) is 0 Å². The van der Waals surface area contributed by atoms with E-state index in [-0.39, 0.29) is 11.4 Å². The molecule has 0 aromatic rings. The lowest BCUT2D eigenvalue weighted by Crippen LogP contribution is -2.42. The van der Waals surface area contributed by atoms with Crippen LogP contribution in [0.3, 0.4) is 0 Å². The predicted octanol–water partition coefficient (Wildman–Crippen LogP) is 0.350. The van der Waals surface area contributed by atoms with Gasteiger partial charge in [-0.25, -0.2) is 9.52 Å². The molecule has 0 spiro atoms. The van der Waals surface area contributed by atoms with Gasteiger partial charge in [0.05, 0.1) is 7.11 Å². The van der Waals surface area contributed by atoms with E-state index < -0.39 is 16.3 Å². The first kappa shape index (κ1) is 12.7. The molecule has 1 saturated carbocycles. The molecule has 1 amide bonds. The number of methoxy groups -OCH3 is 1. The Hall–Kier alpha value is -0.340. The molecule has 0 aromatic heterocycles. The molecule has 2 N–H and O–H groups in total. The predicted molar refractivity (Wildman–Crippen MR) is 57.9 cm³/mol. The average molecular weight is 301 g/mol. The third kappa shape index (κ3) is 4.80. The van der Waals surface area contributed by atoms with E-state index in [1.807, 2.05) is 0 Å². The molecule has 0 aromatic carbocycles. The summed E-state index contributed by atoms with van der Waals surface area (Å²) in [5.74, 6) is 0.533. The van der Waals surface area contributed by atoms with Gasteiger partial charge in [-0.2, -0.15) is 13.1 Å². The first-order valence-corrected chi connectivity index (χ1v) is 6.84. The molecule has 1 aliphatic carbocycles. The van der Waals surface area contributed by atoms with Crippen molar-refractivity contribution in [2.45, 2.75) is 17.7 Å². The number of nitrogens with one attached hydrogen (secondary N) is 2. The second kappa shape index (κ2) is 5.13. The average Bonchev–Trinajstić information content (AvgIpc) is 2.96. The number of alkyl halides is 1. The largest absolute Gasteiger partial charge is 0.452 e. The zero-order chi connectivity index (χ0) is 11.5. The molecule has 8 heteroatoms. The molecule has 1 fully saturated rings. The van der Waals surface area contributed by atoms with E-state index >= 15 is 0 Å². The Morgan fingerprint density at radius 3 is 2.67 bits per heavy atom. The third-order valence-corrected chi connectivity index (χ3v) is 4.06. The van der Waals surface area contributed by atoms with Crippen LogP contribution in [0, 0.1) is 5.92 Å². The van der Waals surface area contributed by atoms with E-state index in [4.69, 9.17) is 0 Å². The van der Waals surface area contributed by atoms with Crippen molar-refractivity contribution in [3.05, 3.63) is 0 Å². The van der Waals surface area contributed by atoms with Crippen LogP contribution in [0.2, 0.25) is 0 Å². The smallest absolute Gasteiger partial charge is 0.421 e. The Balaban J connectivity index is 2.31. The van der Waals surface area contributed by atoms with E-state index in [0.29, 0.717) is 5.92 Å². The lowest BCUT2D eigenvalue weighted by molar-refractivity contribution is 0.177. The number of amides is 1. The maximum Gasteiger partial charge on any atom is 0.421 e. The SMILES string of the molecule is COC(=O)NS(=O)(=O)NCC(Br)C1CC1. The molecule has 0 aliphatic heterocycles. The zero-order valence-corrected chi connectivity index (χ0v) is 10.6. The maximum absolute atomic E-state index is 11.2. The monoisotopic (exact) mass is 300 g/mol. The van der Waals surface area contributed by atoms with Gasteiger partial charge in [0.15, 0.2) is 0 Å². The van der Waals surface area contributed by atoms with Gasteiger partial charge in [-0.15, -0.1) is 0 Å². The lowest BCUT2D eigenvalue weighted by atomic mass is 10.3. The number of hydrogen-bond donors (Lipinski definition) is 2. The van der Waals surface area contributed by atoms with Crippen LogP contribution in [-0.2, 0) is 14.9 Å². The Morgan fingerprint density at radius 2 is 2.20 bits per heavy atom. The van der Waals surface area contributed by atoms with Crippen LogP contribution in [0.25, 0.3) is 0 Å². The fraction of sp³-hybridized carbons (Fsp3) is 0.857. The number of rotatable bonds is 5. The highest BCUT2D eigenvalue weighted by molar-refractivity contribution is 9.09. The van der Waals surface area contributed by atoms with Gasteiger partial charge in [0.2, 0.25) is 0 Å². The van der Waals surface area contributed by atoms with Gasteiger partial charge in [0.1, 0.15) is 0 Å². The summed E-state index contributed by atoms with van der Waals surface area (Å²) >= 11 is 3.37. The molecule has 0 heterocycles. The minimum atomic E-state index is -3.80. The molecule has 1 atom stereocenters. The van der Waals surface area contributed by atoms with Crippen LogP contribution in [0.5, 0.6) is 0 Å². The highest BCUT2D eigenvalue weighted by atomic mass is 79.9. The fourth-order valence-electron chi connectivity index (χ4n) is 1.00. The van der Waals surface area contributed by atoms with Crippen molar-refractivity contribution in [2.24, 2.45) is 5.92 Å². The number of carbonyl (C=O) groups excluding carboxylic acids is 1. The van der Waals surface area contributed by atoms with E-state index in [1.54, 1.807) is 4.72 Å². The molecule has 1 rings (SSSR count). The molecule has 1 aliphatic rings. The number of hydrogen-bond acceptors (Lipinski definition) is 4. The summed E-state index contributed by atoms with van der Waals surface area (Å²) in [4.78, 5) is 10.8. The van der Waals surface area contributed by atoms with E-state index in [0.717, 1.165) is 20.0 Å². The van der Waals surface area contributed by atoms with Crippen molar-refractivity contribution in [1.82, 2.24) is 9.44 Å². The van der Waals surface area contributed by atoms with Crippen LogP contribution >= 0.6 is 15.9 Å². The number of carbonyl (C=O) groups is 1. The summed E-state index contributed by atoms with van der Waals surface area (Å²) in [5, 5.41) is 0. The van der Waals surface area contributed by atoms with Crippen LogP contribution in [0.4, 0.5) is 4.79 Å². The first-order valence-electron chi connectivity index (χ1n) is 4.44. The van der Waals surface area contributed by atoms with Gasteiger partial charge in [-0.3, -0.25) is 0 Å². The van der Waals surface area contributed by atoms with Crippen LogP contribution in [0.15, 0.2) is 0 Å². The molecular formula is C7H13BrN2O4S. The van der Waals surface area contributed by atoms with Crippen molar-refractivity contribution >= 4 is 32.2 Å². The van der Waals surface area contributed by atoms with Crippen molar-refractivity contribution in [3.63, 3.8) is 0 Å². The van der Waals surface area contributed by atoms with E-state index in [1.165, 1.54) is 0 Å². The summed E-state index contributed by atoms with van der Waals surface area (Å²) in [6, 6.07) is 0. The summed E-state index contributed by atoms with van der Waals surface area (Å²) in [6.07, 6.45) is 1.23. The number of halogens is 1. The zero-order valence-electron chi connectivity index (χ0n) is 8.20. The maximum atomic E-state index is 11.2. The van der Waals surface area contributed by atoms with Crippen LogP contribution < -0.4 is 9.44 Å². The molecule has 0 bridgehead atoms. The fourth-order valence-corrected chi connectivity index (χ4v) is 2.68. The molecular weight excluding hydrogens is 288 g/mol. The first-order chi connectivity index (χ1) is 6.94. The van der Waals surface area contributed by atoms with Gasteiger partial charge in [-0.1, -0.05) is 15.9 Å². The normalized spacial score (nSPS) is 18.3.